The molecule has 4 heteroatoms. The second kappa shape index (κ2) is 6.50. The van der Waals surface area contributed by atoms with E-state index in [1.807, 2.05) is 0 Å². The highest BCUT2D eigenvalue weighted by Gasteiger charge is 2.42. The van der Waals surface area contributed by atoms with Crippen LogP contribution in [0.1, 0.15) is 68.2 Å². The van der Waals surface area contributed by atoms with Gasteiger partial charge in [-0.1, -0.05) is 27.7 Å². The Kier molecular flexibility index (Phi) is 6.54. The zero-order valence-corrected chi connectivity index (χ0v) is 14.8. The third-order valence-electron chi connectivity index (χ3n) is 3.20. The molecule has 18 heavy (non-hydrogen) atoms. The molecule has 0 saturated carbocycles. The zero-order valence-electron chi connectivity index (χ0n) is 13.8. The van der Waals surface area contributed by atoms with E-state index in [9.17, 15) is 0 Å². The van der Waals surface area contributed by atoms with Crippen LogP contribution in [-0.2, 0) is 8.85 Å². The molecule has 3 nitrogen and oxygen atoms in total. The third kappa shape index (κ3) is 6.88. The number of hydrogen-bond acceptors (Lipinski definition) is 3. The molecule has 0 aliphatic rings. The Morgan fingerprint density at radius 1 is 0.944 bits per heavy atom. The molecule has 0 aliphatic heterocycles. The highest BCUT2D eigenvalue weighted by atomic mass is 28.4. The lowest BCUT2D eigenvalue weighted by Crippen LogP contribution is -2.62. The smallest absolute Gasteiger partial charge is 0.378 e. The molecule has 0 amide bonds. The van der Waals surface area contributed by atoms with E-state index in [4.69, 9.17) is 8.85 Å². The topological polar surface area (TPSA) is 30.5 Å². The molecule has 0 atom stereocenters. The van der Waals surface area contributed by atoms with E-state index in [2.05, 4.69) is 66.9 Å². The second-order valence-electron chi connectivity index (χ2n) is 6.68. The maximum Gasteiger partial charge on any atom is 0.422 e. The van der Waals surface area contributed by atoms with Crippen molar-refractivity contribution < 1.29 is 8.85 Å². The predicted molar refractivity (Wildman–Crippen MR) is 80.8 cm³/mol. The van der Waals surface area contributed by atoms with Gasteiger partial charge in [-0.05, 0) is 53.1 Å². The summed E-state index contributed by atoms with van der Waals surface area (Å²) < 4.78 is 12.7. The Morgan fingerprint density at radius 3 is 1.50 bits per heavy atom. The van der Waals surface area contributed by atoms with Crippen LogP contribution in [0.2, 0.25) is 6.55 Å². The fourth-order valence-electron chi connectivity index (χ4n) is 1.80. The fraction of sp³-hybridized carbons (Fsp3) is 1.00. The van der Waals surface area contributed by atoms with Gasteiger partial charge in [0.15, 0.2) is 0 Å². The third-order valence-corrected chi connectivity index (χ3v) is 6.18. The van der Waals surface area contributed by atoms with Crippen molar-refractivity contribution in [3.05, 3.63) is 0 Å². The summed E-state index contributed by atoms with van der Waals surface area (Å²) in [6.45, 7) is 19.2. The first kappa shape index (κ1) is 18.1. The second-order valence-corrected chi connectivity index (χ2v) is 9.26. The van der Waals surface area contributed by atoms with Crippen molar-refractivity contribution in [1.82, 2.24) is 4.98 Å². The molecule has 0 radical (unpaired) electrons. The average molecular weight is 276 g/mol. The van der Waals surface area contributed by atoms with Crippen molar-refractivity contribution in [2.24, 2.45) is 0 Å². The lowest BCUT2D eigenvalue weighted by atomic mass is 10.1. The maximum absolute atomic E-state index is 6.33. The quantitative estimate of drug-likeness (QED) is 0.680. The molecule has 0 saturated heterocycles. The monoisotopic (exact) mass is 275 g/mol. The van der Waals surface area contributed by atoms with Gasteiger partial charge < -0.3 is 8.85 Å². The first-order chi connectivity index (χ1) is 7.95. The highest BCUT2D eigenvalue weighted by molar-refractivity contribution is 6.63. The van der Waals surface area contributed by atoms with Gasteiger partial charge in [0, 0.05) is 0 Å². The van der Waals surface area contributed by atoms with E-state index < -0.39 is 8.72 Å². The Labute approximate surface area is 115 Å². The highest BCUT2D eigenvalue weighted by Crippen LogP contribution is 2.26. The molecule has 0 aromatic carbocycles. The van der Waals surface area contributed by atoms with E-state index in [0.717, 1.165) is 12.8 Å². The molecule has 0 bridgehead atoms. The maximum atomic E-state index is 6.33. The molecule has 0 spiro atoms. The standard InChI is InChI=1S/C14H33NO2Si/c1-10-13(5,6)16-18(9,15-12(3)4)17-14(7,8)11-2/h12,15H,10-11H2,1-9H3. The fourth-order valence-corrected chi connectivity index (χ4v) is 5.41. The minimum absolute atomic E-state index is 0.146. The van der Waals surface area contributed by atoms with E-state index >= 15 is 0 Å². The van der Waals surface area contributed by atoms with Crippen molar-refractivity contribution in [2.75, 3.05) is 0 Å². The summed E-state index contributed by atoms with van der Waals surface area (Å²) in [6, 6.07) is 0.363. The summed E-state index contributed by atoms with van der Waals surface area (Å²) >= 11 is 0. The van der Waals surface area contributed by atoms with Gasteiger partial charge >= 0.3 is 8.72 Å². The first-order valence-corrected chi connectivity index (χ1v) is 9.45. The molecule has 0 fully saturated rings. The van der Waals surface area contributed by atoms with E-state index in [-0.39, 0.29) is 11.2 Å². The molecule has 0 aliphatic carbocycles. The lowest BCUT2D eigenvalue weighted by molar-refractivity contribution is -0.00860. The molecule has 110 valence electrons. The van der Waals surface area contributed by atoms with Gasteiger partial charge in [0.1, 0.15) is 0 Å². The van der Waals surface area contributed by atoms with Crippen molar-refractivity contribution in [1.29, 1.82) is 0 Å². The average Bonchev–Trinajstić information content (AvgIpc) is 2.14. The minimum atomic E-state index is -2.38. The predicted octanol–water partition coefficient (Wildman–Crippen LogP) is 3.96. The van der Waals surface area contributed by atoms with Crippen molar-refractivity contribution >= 4 is 8.72 Å². The molecular formula is C14H33NO2Si. The van der Waals surface area contributed by atoms with Crippen molar-refractivity contribution in [3.8, 4) is 0 Å². The van der Waals surface area contributed by atoms with Crippen LogP contribution in [0.3, 0.4) is 0 Å². The molecule has 0 aromatic rings. The summed E-state index contributed by atoms with van der Waals surface area (Å²) in [5.74, 6) is 0. The van der Waals surface area contributed by atoms with E-state index in [1.165, 1.54) is 0 Å². The SMILES string of the molecule is CCC(C)(C)O[Si](C)(NC(C)C)OC(C)(C)CC. The summed E-state index contributed by atoms with van der Waals surface area (Å²) in [7, 11) is -2.38. The molecular weight excluding hydrogens is 242 g/mol. The largest absolute Gasteiger partial charge is 0.422 e. The van der Waals surface area contributed by atoms with Crippen LogP contribution in [0.5, 0.6) is 0 Å². The minimum Gasteiger partial charge on any atom is -0.378 e. The zero-order chi connectivity index (χ0) is 14.6. The van der Waals surface area contributed by atoms with Crippen LogP contribution in [0.25, 0.3) is 0 Å². The molecule has 0 rings (SSSR count). The Bertz CT molecular complexity index is 234. The van der Waals surface area contributed by atoms with Crippen molar-refractivity contribution in [2.45, 2.75) is 92.0 Å². The van der Waals surface area contributed by atoms with Gasteiger partial charge in [-0.3, -0.25) is 4.98 Å². The molecule has 0 heterocycles. The van der Waals surface area contributed by atoms with Crippen molar-refractivity contribution in [3.63, 3.8) is 0 Å². The number of rotatable bonds is 8. The normalized spacial score (nSPS) is 14.3. The Balaban J connectivity index is 4.94. The van der Waals surface area contributed by atoms with Gasteiger partial charge in [-0.15, -0.1) is 0 Å². The Hall–Kier alpha value is 0.0969. The van der Waals surface area contributed by atoms with Gasteiger partial charge in [0.2, 0.25) is 0 Å². The number of hydrogen-bond donors (Lipinski definition) is 1. The Morgan fingerprint density at radius 2 is 1.28 bits per heavy atom. The molecule has 0 unspecified atom stereocenters. The summed E-state index contributed by atoms with van der Waals surface area (Å²) in [5, 5.41) is 0. The van der Waals surface area contributed by atoms with Crippen LogP contribution in [0.15, 0.2) is 0 Å². The number of nitrogens with one attached hydrogen (secondary N) is 1. The van der Waals surface area contributed by atoms with Gasteiger partial charge in [-0.25, -0.2) is 0 Å². The van der Waals surface area contributed by atoms with Crippen LogP contribution in [0.4, 0.5) is 0 Å². The van der Waals surface area contributed by atoms with Crippen LogP contribution in [0, 0.1) is 0 Å². The van der Waals surface area contributed by atoms with Crippen LogP contribution < -0.4 is 4.98 Å². The van der Waals surface area contributed by atoms with Gasteiger partial charge in [0.05, 0.1) is 11.2 Å². The van der Waals surface area contributed by atoms with Gasteiger partial charge in [0.25, 0.3) is 0 Å². The van der Waals surface area contributed by atoms with E-state index in [0.29, 0.717) is 6.04 Å². The van der Waals surface area contributed by atoms with Crippen LogP contribution in [-0.4, -0.2) is 26.0 Å². The summed E-state index contributed by atoms with van der Waals surface area (Å²) in [4.78, 5) is 3.53. The van der Waals surface area contributed by atoms with Crippen LogP contribution >= 0.6 is 0 Å². The van der Waals surface area contributed by atoms with E-state index in [1.54, 1.807) is 0 Å². The molecule has 0 aromatic heterocycles. The van der Waals surface area contributed by atoms with Gasteiger partial charge in [-0.2, -0.15) is 0 Å². The summed E-state index contributed by atoms with van der Waals surface area (Å²) in [6.07, 6.45) is 1.95. The molecule has 1 N–H and O–H groups in total. The summed E-state index contributed by atoms with van der Waals surface area (Å²) in [5.41, 5.74) is -0.292. The lowest BCUT2D eigenvalue weighted by Gasteiger charge is -2.41. The first-order valence-electron chi connectivity index (χ1n) is 7.13.